The standard InChI is InChI=1S/C20H19BrClN5O2/c21-14-2-4-15(5-3-14)26-16-6-8-18(26)25-10-9-24(20(25)19(16)27(28)29)12-13-1-7-17(22)23-11-13/h1-5,7,11,16,18H,6,8-10,12H2. The lowest BCUT2D eigenvalue weighted by atomic mass is 10.1. The summed E-state index contributed by atoms with van der Waals surface area (Å²) in [7, 11) is 0. The summed E-state index contributed by atoms with van der Waals surface area (Å²) in [5.74, 6) is 0.769. The quantitative estimate of drug-likeness (QED) is 0.376. The molecule has 4 heterocycles. The first-order valence-corrected chi connectivity index (χ1v) is 10.7. The topological polar surface area (TPSA) is 65.8 Å². The molecule has 0 spiro atoms. The molecule has 29 heavy (non-hydrogen) atoms. The normalized spacial score (nSPS) is 23.0. The number of nitro groups is 1. The Labute approximate surface area is 181 Å². The van der Waals surface area contributed by atoms with Gasteiger partial charge in [-0.25, -0.2) is 4.98 Å². The molecule has 2 aromatic rings. The second-order valence-electron chi connectivity index (χ2n) is 7.53. The van der Waals surface area contributed by atoms with Crippen LogP contribution in [0.15, 0.2) is 58.6 Å². The molecule has 0 amide bonds. The Balaban J connectivity index is 1.53. The average Bonchev–Trinajstić information content (AvgIpc) is 3.26. The number of hydrogen-bond donors (Lipinski definition) is 0. The Morgan fingerprint density at radius 2 is 1.97 bits per heavy atom. The zero-order chi connectivity index (χ0) is 20.1. The molecular formula is C20H19BrClN5O2. The fourth-order valence-corrected chi connectivity index (χ4v) is 5.16. The maximum Gasteiger partial charge on any atom is 0.308 e. The molecule has 5 rings (SSSR count). The molecule has 1 aromatic heterocycles. The molecular weight excluding hydrogens is 458 g/mol. The van der Waals surface area contributed by atoms with Crippen LogP contribution in [0.5, 0.6) is 0 Å². The number of hydrogen-bond acceptors (Lipinski definition) is 6. The first-order valence-electron chi connectivity index (χ1n) is 9.57. The van der Waals surface area contributed by atoms with Gasteiger partial charge in [-0.15, -0.1) is 0 Å². The first kappa shape index (κ1) is 18.7. The van der Waals surface area contributed by atoms with Crippen LogP contribution in [0.2, 0.25) is 5.15 Å². The van der Waals surface area contributed by atoms with Gasteiger partial charge in [0.1, 0.15) is 17.4 Å². The van der Waals surface area contributed by atoms with E-state index < -0.39 is 0 Å². The zero-order valence-corrected chi connectivity index (χ0v) is 17.9. The smallest absolute Gasteiger partial charge is 0.308 e. The molecule has 2 bridgehead atoms. The van der Waals surface area contributed by atoms with Gasteiger partial charge in [-0.3, -0.25) is 10.1 Å². The van der Waals surface area contributed by atoms with Crippen LogP contribution in [0.4, 0.5) is 5.69 Å². The summed E-state index contributed by atoms with van der Waals surface area (Å²) in [5.41, 5.74) is 2.33. The largest absolute Gasteiger partial charge is 0.347 e. The van der Waals surface area contributed by atoms with E-state index in [2.05, 4.69) is 35.6 Å². The van der Waals surface area contributed by atoms with Gasteiger partial charge in [-0.1, -0.05) is 33.6 Å². The second kappa shape index (κ2) is 7.18. The number of nitrogens with zero attached hydrogens (tertiary/aromatic N) is 5. The lowest BCUT2D eigenvalue weighted by Gasteiger charge is -2.42. The van der Waals surface area contributed by atoms with Gasteiger partial charge in [0.05, 0.1) is 4.92 Å². The van der Waals surface area contributed by atoms with E-state index >= 15 is 0 Å². The maximum absolute atomic E-state index is 12.2. The third-order valence-corrected chi connectivity index (χ3v) is 6.68. The van der Waals surface area contributed by atoms with Crippen molar-refractivity contribution >= 4 is 33.2 Å². The summed E-state index contributed by atoms with van der Waals surface area (Å²) >= 11 is 9.37. The Kier molecular flexibility index (Phi) is 4.63. The Morgan fingerprint density at radius 1 is 1.17 bits per heavy atom. The summed E-state index contributed by atoms with van der Waals surface area (Å²) in [5, 5.41) is 12.6. The SMILES string of the molecule is O=[N+]([O-])C1=C2N(Cc3ccc(Cl)nc3)CCN2C2CCC1N2c1ccc(Br)cc1. The van der Waals surface area contributed by atoms with Crippen molar-refractivity contribution in [1.29, 1.82) is 0 Å². The molecule has 9 heteroatoms. The Bertz CT molecular complexity index is 981. The van der Waals surface area contributed by atoms with Crippen LogP contribution < -0.4 is 4.90 Å². The molecule has 2 atom stereocenters. The van der Waals surface area contributed by atoms with E-state index in [0.717, 1.165) is 47.5 Å². The molecule has 3 aliphatic heterocycles. The Hall–Kier alpha value is -2.32. The fraction of sp³-hybridized carbons (Fsp3) is 0.350. The van der Waals surface area contributed by atoms with Crippen molar-refractivity contribution in [2.45, 2.75) is 31.6 Å². The zero-order valence-electron chi connectivity index (χ0n) is 15.5. The van der Waals surface area contributed by atoms with Gasteiger partial charge in [0.2, 0.25) is 0 Å². The van der Waals surface area contributed by atoms with Gasteiger partial charge in [-0.05, 0) is 48.7 Å². The molecule has 0 saturated carbocycles. The number of halogens is 2. The minimum absolute atomic E-state index is 0.146. The number of anilines is 1. The summed E-state index contributed by atoms with van der Waals surface area (Å²) in [6, 6.07) is 11.5. The van der Waals surface area contributed by atoms with Gasteiger partial charge in [0.25, 0.3) is 0 Å². The van der Waals surface area contributed by atoms with Crippen molar-refractivity contribution in [2.24, 2.45) is 0 Å². The highest BCUT2D eigenvalue weighted by Gasteiger charge is 2.54. The van der Waals surface area contributed by atoms with E-state index in [1.54, 1.807) is 12.3 Å². The van der Waals surface area contributed by atoms with Crippen molar-refractivity contribution < 1.29 is 4.92 Å². The summed E-state index contributed by atoms with van der Waals surface area (Å²) in [6.07, 6.45) is 3.59. The molecule has 2 saturated heterocycles. The molecule has 0 aliphatic carbocycles. The molecule has 1 aromatic carbocycles. The van der Waals surface area contributed by atoms with Crippen LogP contribution in [0.3, 0.4) is 0 Å². The van der Waals surface area contributed by atoms with Gasteiger partial charge in [0, 0.05) is 36.0 Å². The number of aromatic nitrogens is 1. The molecule has 2 unspecified atom stereocenters. The van der Waals surface area contributed by atoms with Crippen LogP contribution in [0.1, 0.15) is 18.4 Å². The van der Waals surface area contributed by atoms with Crippen LogP contribution in [-0.2, 0) is 6.54 Å². The summed E-state index contributed by atoms with van der Waals surface area (Å²) in [6.45, 7) is 2.12. The monoisotopic (exact) mass is 475 g/mol. The predicted molar refractivity (Wildman–Crippen MR) is 114 cm³/mol. The predicted octanol–water partition coefficient (Wildman–Crippen LogP) is 4.07. The number of benzene rings is 1. The highest BCUT2D eigenvalue weighted by atomic mass is 79.9. The summed E-state index contributed by atoms with van der Waals surface area (Å²) < 4.78 is 1.00. The lowest BCUT2D eigenvalue weighted by molar-refractivity contribution is -0.433. The first-order chi connectivity index (χ1) is 14.0. The van der Waals surface area contributed by atoms with Crippen molar-refractivity contribution in [2.75, 3.05) is 18.0 Å². The van der Waals surface area contributed by atoms with Gasteiger partial charge >= 0.3 is 5.70 Å². The number of pyridine rings is 1. The minimum Gasteiger partial charge on any atom is -0.347 e. The second-order valence-corrected chi connectivity index (χ2v) is 8.83. The highest BCUT2D eigenvalue weighted by molar-refractivity contribution is 9.10. The highest BCUT2D eigenvalue weighted by Crippen LogP contribution is 2.45. The molecule has 0 radical (unpaired) electrons. The van der Waals surface area contributed by atoms with Crippen LogP contribution >= 0.6 is 27.5 Å². The molecule has 0 N–H and O–H groups in total. The average molecular weight is 477 g/mol. The number of rotatable bonds is 4. The minimum atomic E-state index is -0.216. The van der Waals surface area contributed by atoms with E-state index in [4.69, 9.17) is 11.6 Å². The lowest BCUT2D eigenvalue weighted by Crippen LogP contribution is -2.53. The van der Waals surface area contributed by atoms with Crippen LogP contribution in [0.25, 0.3) is 0 Å². The van der Waals surface area contributed by atoms with Gasteiger partial charge in [-0.2, -0.15) is 0 Å². The van der Waals surface area contributed by atoms with E-state index in [-0.39, 0.29) is 17.1 Å². The van der Waals surface area contributed by atoms with Crippen LogP contribution in [-0.4, -0.2) is 45.0 Å². The molecule has 7 nitrogen and oxygen atoms in total. The van der Waals surface area contributed by atoms with Crippen molar-refractivity contribution in [3.63, 3.8) is 0 Å². The van der Waals surface area contributed by atoms with Crippen molar-refractivity contribution in [1.82, 2.24) is 14.8 Å². The molecule has 3 aliphatic rings. The van der Waals surface area contributed by atoms with Crippen molar-refractivity contribution in [3.8, 4) is 0 Å². The summed E-state index contributed by atoms with van der Waals surface area (Å²) in [4.78, 5) is 22.7. The fourth-order valence-electron chi connectivity index (χ4n) is 4.78. The third kappa shape index (κ3) is 3.14. The van der Waals surface area contributed by atoms with E-state index in [9.17, 15) is 10.1 Å². The molecule has 150 valence electrons. The van der Waals surface area contributed by atoms with Crippen molar-refractivity contribution in [3.05, 3.63) is 79.4 Å². The van der Waals surface area contributed by atoms with E-state index in [0.29, 0.717) is 17.4 Å². The maximum atomic E-state index is 12.2. The number of fused-ring (bicyclic) bond motifs is 4. The van der Waals surface area contributed by atoms with Crippen LogP contribution in [0, 0.1) is 10.1 Å². The van der Waals surface area contributed by atoms with Gasteiger partial charge in [0.15, 0.2) is 5.82 Å². The van der Waals surface area contributed by atoms with Gasteiger partial charge < -0.3 is 14.7 Å². The third-order valence-electron chi connectivity index (χ3n) is 5.93. The Morgan fingerprint density at radius 3 is 2.66 bits per heavy atom. The van der Waals surface area contributed by atoms with E-state index in [1.807, 2.05) is 30.3 Å². The molecule has 2 fully saturated rings. The van der Waals surface area contributed by atoms with E-state index in [1.165, 1.54) is 0 Å².